The standard InChI is InChI=1S/C50H41N3O/c1-4-50(5-2)31-32(3)51-27-12-10-20-42(51)35-16-7-6-15-33(35)23-24-34-29-45-41(30-40(34)43-21-11-13-28-52(43)50)37-18-14-19-39-47-44(53(45)48(37)39)26-25-38-36-17-8-9-22-46(36)54-49(38)47/h6-22,25-30H,3-5,23-24,31H2,1-2H3/q+2. The van der Waals surface area contributed by atoms with Crippen LogP contribution in [0, 0.1) is 0 Å². The first kappa shape index (κ1) is 31.3. The largest absolute Gasteiger partial charge is 0.455 e. The van der Waals surface area contributed by atoms with E-state index >= 15 is 0 Å². The molecule has 1 aliphatic rings. The summed E-state index contributed by atoms with van der Waals surface area (Å²) in [6, 6.07) is 47.0. The molecule has 0 radical (unpaired) electrons. The third-order valence-electron chi connectivity index (χ3n) is 12.7. The Hall–Kier alpha value is -6.26. The smallest absolute Gasteiger partial charge is 0.218 e. The molecule has 0 amide bonds. The topological polar surface area (TPSA) is 25.3 Å². The summed E-state index contributed by atoms with van der Waals surface area (Å²) in [4.78, 5) is 0. The van der Waals surface area contributed by atoms with E-state index in [1.54, 1.807) is 0 Å². The van der Waals surface area contributed by atoms with Gasteiger partial charge in [0.05, 0.1) is 33.9 Å². The van der Waals surface area contributed by atoms with Gasteiger partial charge in [-0.05, 0) is 79.1 Å². The lowest BCUT2D eigenvalue weighted by atomic mass is 9.85. The number of aryl methyl sites for hydroxylation is 2. The molecule has 4 nitrogen and oxygen atoms in total. The fraction of sp³-hybridized carbons (Fsp3) is 0.160. The van der Waals surface area contributed by atoms with E-state index in [0.717, 1.165) is 54.4 Å². The van der Waals surface area contributed by atoms with Crippen molar-refractivity contribution in [3.05, 3.63) is 157 Å². The molecule has 0 atom stereocenters. The number of benzene rings is 5. The highest BCUT2D eigenvalue weighted by Gasteiger charge is 2.42. The average molecular weight is 700 g/mol. The molecule has 11 rings (SSSR count). The van der Waals surface area contributed by atoms with Crippen LogP contribution in [0.2, 0.25) is 0 Å². The number of hydrogen-bond acceptors (Lipinski definition) is 1. The summed E-state index contributed by atoms with van der Waals surface area (Å²) in [6.07, 6.45) is 9.12. The van der Waals surface area contributed by atoms with Crippen LogP contribution in [0.15, 0.2) is 151 Å². The van der Waals surface area contributed by atoms with Gasteiger partial charge in [0, 0.05) is 69.6 Å². The van der Waals surface area contributed by atoms with Gasteiger partial charge in [-0.3, -0.25) is 0 Å². The monoisotopic (exact) mass is 699 g/mol. The maximum absolute atomic E-state index is 6.64. The highest BCUT2D eigenvalue weighted by atomic mass is 16.3. The first-order valence-electron chi connectivity index (χ1n) is 19.4. The minimum absolute atomic E-state index is 0.170. The minimum Gasteiger partial charge on any atom is -0.455 e. The van der Waals surface area contributed by atoms with E-state index in [0.29, 0.717) is 0 Å². The summed E-state index contributed by atoms with van der Waals surface area (Å²) in [5, 5.41) is 7.32. The SMILES string of the molecule is C=C1CC(CC)(CC)[n+]2ccccc2-c2cc3c4cccc5c6c7oc8ccccc8c7ccc6n(c3cc2CCc2ccccc2-c2cccc[n+]21)c45. The summed E-state index contributed by atoms with van der Waals surface area (Å²) in [7, 11) is 0. The van der Waals surface area contributed by atoms with Gasteiger partial charge < -0.3 is 8.82 Å². The van der Waals surface area contributed by atoms with Crippen molar-refractivity contribution >= 4 is 65.7 Å². The molecule has 5 aromatic carbocycles. The number of pyridine rings is 2. The van der Waals surface area contributed by atoms with Gasteiger partial charge in [0.25, 0.3) is 0 Å². The quantitative estimate of drug-likeness (QED) is 0.165. The second-order valence-electron chi connectivity index (χ2n) is 15.2. The Labute approximate surface area is 314 Å². The average Bonchev–Trinajstić information content (AvgIpc) is 3.88. The van der Waals surface area contributed by atoms with Crippen molar-refractivity contribution in [1.82, 2.24) is 4.40 Å². The maximum atomic E-state index is 6.64. The second kappa shape index (κ2) is 11.6. The van der Waals surface area contributed by atoms with Gasteiger partial charge in [0.1, 0.15) is 11.2 Å². The Morgan fingerprint density at radius 1 is 0.630 bits per heavy atom. The first-order chi connectivity index (χ1) is 26.6. The molecular formula is C50H41N3O+2. The molecule has 0 spiro atoms. The zero-order valence-electron chi connectivity index (χ0n) is 30.8. The van der Waals surface area contributed by atoms with Crippen LogP contribution in [-0.4, -0.2) is 4.40 Å². The molecule has 260 valence electrons. The van der Waals surface area contributed by atoms with Crippen LogP contribution in [0.4, 0.5) is 0 Å². The third kappa shape index (κ3) is 4.25. The number of furan rings is 1. The van der Waals surface area contributed by atoms with Crippen molar-refractivity contribution in [1.29, 1.82) is 0 Å². The fourth-order valence-electron chi connectivity index (χ4n) is 9.94. The Balaban J connectivity index is 1.23. The molecule has 0 unspecified atom stereocenters. The number of allylic oxidation sites excluding steroid dienone is 1. The van der Waals surface area contributed by atoms with Crippen LogP contribution < -0.4 is 9.13 Å². The Morgan fingerprint density at radius 3 is 2.26 bits per heavy atom. The van der Waals surface area contributed by atoms with Crippen LogP contribution >= 0.6 is 0 Å². The van der Waals surface area contributed by atoms with Crippen LogP contribution in [0.5, 0.6) is 0 Å². The number of aromatic nitrogens is 3. The Morgan fingerprint density at radius 2 is 1.37 bits per heavy atom. The fourth-order valence-corrected chi connectivity index (χ4v) is 9.94. The van der Waals surface area contributed by atoms with Crippen LogP contribution in [0.3, 0.4) is 0 Å². The molecule has 0 fully saturated rings. The van der Waals surface area contributed by atoms with E-state index in [9.17, 15) is 0 Å². The van der Waals surface area contributed by atoms with Crippen LogP contribution in [0.1, 0.15) is 44.2 Å². The first-order valence-corrected chi connectivity index (χ1v) is 19.4. The molecule has 1 aliphatic heterocycles. The van der Waals surface area contributed by atoms with Crippen LogP contribution in [-0.2, 0) is 18.4 Å². The van der Waals surface area contributed by atoms with Crippen molar-refractivity contribution in [2.24, 2.45) is 0 Å². The van der Waals surface area contributed by atoms with Crippen molar-refractivity contribution in [2.45, 2.75) is 51.5 Å². The molecule has 0 N–H and O–H groups in total. The highest BCUT2D eigenvalue weighted by molar-refractivity contribution is 6.29. The van der Waals surface area contributed by atoms with Crippen molar-refractivity contribution in [2.75, 3.05) is 0 Å². The lowest BCUT2D eigenvalue weighted by molar-refractivity contribution is -0.758. The van der Waals surface area contributed by atoms with Crippen molar-refractivity contribution in [3.8, 4) is 22.5 Å². The van der Waals surface area contributed by atoms with Gasteiger partial charge in [-0.15, -0.1) is 0 Å². The van der Waals surface area contributed by atoms with E-state index < -0.39 is 0 Å². The molecule has 0 aliphatic carbocycles. The number of rotatable bonds is 2. The van der Waals surface area contributed by atoms with E-state index in [2.05, 4.69) is 167 Å². The molecule has 4 heteroatoms. The van der Waals surface area contributed by atoms with Gasteiger partial charge in [-0.1, -0.05) is 68.4 Å². The molecule has 10 aromatic rings. The van der Waals surface area contributed by atoms with E-state index in [4.69, 9.17) is 11.0 Å². The predicted octanol–water partition coefficient (Wildman–Crippen LogP) is 11.8. The van der Waals surface area contributed by atoms with E-state index in [1.165, 1.54) is 77.1 Å². The van der Waals surface area contributed by atoms with Gasteiger partial charge >= 0.3 is 0 Å². The Bertz CT molecular complexity index is 3140. The second-order valence-corrected chi connectivity index (χ2v) is 15.2. The third-order valence-corrected chi connectivity index (χ3v) is 12.7. The zero-order chi connectivity index (χ0) is 36.1. The summed E-state index contributed by atoms with van der Waals surface area (Å²) in [5.41, 5.74) is 14.3. The van der Waals surface area contributed by atoms with E-state index in [1.807, 2.05) is 0 Å². The highest BCUT2D eigenvalue weighted by Crippen LogP contribution is 2.45. The van der Waals surface area contributed by atoms with Gasteiger partial charge in [0.15, 0.2) is 23.6 Å². The number of hydrogen-bond donors (Lipinski definition) is 0. The number of nitrogens with zero attached hydrogens (tertiary/aromatic N) is 3. The molecule has 0 saturated heterocycles. The lowest BCUT2D eigenvalue weighted by Gasteiger charge is -2.28. The summed E-state index contributed by atoms with van der Waals surface area (Å²) in [5.74, 6) is 0. The minimum atomic E-state index is -0.170. The summed E-state index contributed by atoms with van der Waals surface area (Å²) < 4.78 is 14.1. The van der Waals surface area contributed by atoms with Gasteiger partial charge in [-0.25, -0.2) is 0 Å². The lowest BCUT2D eigenvalue weighted by Crippen LogP contribution is -2.58. The molecule has 0 bridgehead atoms. The van der Waals surface area contributed by atoms with Crippen molar-refractivity contribution in [3.63, 3.8) is 0 Å². The summed E-state index contributed by atoms with van der Waals surface area (Å²) >= 11 is 0. The normalized spacial score (nSPS) is 14.6. The van der Waals surface area contributed by atoms with E-state index in [-0.39, 0.29) is 5.54 Å². The maximum Gasteiger partial charge on any atom is 0.218 e. The number of fused-ring (bicyclic) bond motifs is 16. The molecule has 0 saturated carbocycles. The molecular weight excluding hydrogens is 659 g/mol. The van der Waals surface area contributed by atoms with Crippen molar-refractivity contribution < 1.29 is 13.6 Å². The molecule has 6 heterocycles. The van der Waals surface area contributed by atoms with Gasteiger partial charge in [0.2, 0.25) is 11.4 Å². The van der Waals surface area contributed by atoms with Crippen LogP contribution in [0.25, 0.3) is 88.2 Å². The predicted molar refractivity (Wildman–Crippen MR) is 222 cm³/mol. The summed E-state index contributed by atoms with van der Waals surface area (Å²) in [6.45, 7) is 9.45. The Kier molecular flexibility index (Phi) is 6.73. The molecule has 5 aromatic heterocycles. The molecule has 54 heavy (non-hydrogen) atoms. The zero-order valence-corrected chi connectivity index (χ0v) is 30.8. The number of para-hydroxylation sites is 2. The van der Waals surface area contributed by atoms with Gasteiger partial charge in [-0.2, -0.15) is 9.13 Å².